The summed E-state index contributed by atoms with van der Waals surface area (Å²) in [6.07, 6.45) is 1.50. The molecule has 2 aromatic rings. The van der Waals surface area contributed by atoms with Crippen molar-refractivity contribution in [2.45, 2.75) is 0 Å². The number of aliphatic imine (C=N–C) groups is 1. The van der Waals surface area contributed by atoms with Gasteiger partial charge in [-0.15, -0.1) is 0 Å². The van der Waals surface area contributed by atoms with E-state index in [1.54, 1.807) is 30.3 Å². The van der Waals surface area contributed by atoms with Crippen molar-refractivity contribution in [3.63, 3.8) is 0 Å². The summed E-state index contributed by atoms with van der Waals surface area (Å²) in [5.74, 6) is 0.665. The minimum atomic E-state index is -0.458. The third-order valence-electron chi connectivity index (χ3n) is 2.61. The van der Waals surface area contributed by atoms with E-state index in [0.717, 1.165) is 0 Å². The van der Waals surface area contributed by atoms with Gasteiger partial charge in [-0.2, -0.15) is 0 Å². The van der Waals surface area contributed by atoms with E-state index < -0.39 is 5.97 Å². The van der Waals surface area contributed by atoms with E-state index in [1.165, 1.54) is 20.5 Å². The number of nitrogens with two attached hydrogens (primary N) is 1. The first-order valence-corrected chi connectivity index (χ1v) is 5.80. The van der Waals surface area contributed by atoms with Crippen molar-refractivity contribution in [3.05, 3.63) is 47.9 Å². The first-order chi connectivity index (χ1) is 9.65. The van der Waals surface area contributed by atoms with E-state index in [1.807, 2.05) is 0 Å². The van der Waals surface area contributed by atoms with Crippen LogP contribution >= 0.6 is 0 Å². The highest BCUT2D eigenvalue weighted by Crippen LogP contribution is 2.29. The van der Waals surface area contributed by atoms with Gasteiger partial charge in [0.05, 0.1) is 26.0 Å². The van der Waals surface area contributed by atoms with Crippen molar-refractivity contribution in [2.24, 2.45) is 10.7 Å². The second kappa shape index (κ2) is 5.92. The lowest BCUT2D eigenvalue weighted by Gasteiger charge is -2.07. The lowest BCUT2D eigenvalue weighted by atomic mass is 10.2. The molecule has 0 atom stereocenters. The van der Waals surface area contributed by atoms with Crippen LogP contribution in [0.25, 0.3) is 0 Å². The first kappa shape index (κ1) is 13.7. The van der Waals surface area contributed by atoms with Crippen molar-refractivity contribution < 1.29 is 18.7 Å². The molecule has 1 aromatic carbocycles. The van der Waals surface area contributed by atoms with E-state index in [-0.39, 0.29) is 5.84 Å². The molecular weight excluding hydrogens is 260 g/mol. The van der Waals surface area contributed by atoms with Crippen molar-refractivity contribution in [1.29, 1.82) is 0 Å². The molecule has 0 aliphatic heterocycles. The van der Waals surface area contributed by atoms with Crippen LogP contribution in [0.4, 0.5) is 5.69 Å². The number of hydrogen-bond acceptors (Lipinski definition) is 5. The van der Waals surface area contributed by atoms with Crippen LogP contribution < -0.4 is 10.5 Å². The van der Waals surface area contributed by atoms with Crippen molar-refractivity contribution in [3.8, 4) is 5.75 Å². The predicted molar refractivity (Wildman–Crippen MR) is 73.4 cm³/mol. The van der Waals surface area contributed by atoms with Crippen molar-refractivity contribution in [1.82, 2.24) is 0 Å². The highest BCUT2D eigenvalue weighted by molar-refractivity contribution is 5.97. The van der Waals surface area contributed by atoms with Crippen molar-refractivity contribution >= 4 is 17.5 Å². The molecule has 2 rings (SSSR count). The standard InChI is InChI=1S/C14H14N2O4/c1-18-11-6-5-9(14(17)19-2)8-10(11)16-13(15)12-4-3-7-20-12/h3-8H,1-2H3,(H2,15,16). The summed E-state index contributed by atoms with van der Waals surface area (Å²) in [5, 5.41) is 0. The molecule has 1 heterocycles. The van der Waals surface area contributed by atoms with Gasteiger partial charge in [0.25, 0.3) is 0 Å². The predicted octanol–water partition coefficient (Wildman–Crippen LogP) is 2.11. The molecule has 0 aliphatic rings. The van der Waals surface area contributed by atoms with E-state index in [2.05, 4.69) is 9.73 Å². The smallest absolute Gasteiger partial charge is 0.337 e. The van der Waals surface area contributed by atoms with Crippen LogP contribution in [-0.4, -0.2) is 26.0 Å². The van der Waals surface area contributed by atoms with Crippen LogP contribution in [0.5, 0.6) is 5.75 Å². The van der Waals surface area contributed by atoms with E-state index >= 15 is 0 Å². The number of carbonyl (C=O) groups excluding carboxylic acids is 1. The summed E-state index contributed by atoms with van der Waals surface area (Å²) in [5.41, 5.74) is 6.62. The minimum absolute atomic E-state index is 0.190. The number of nitrogens with zero attached hydrogens (tertiary/aromatic N) is 1. The summed E-state index contributed by atoms with van der Waals surface area (Å²) >= 11 is 0. The van der Waals surface area contributed by atoms with Crippen molar-refractivity contribution in [2.75, 3.05) is 14.2 Å². The summed E-state index contributed by atoms with van der Waals surface area (Å²) in [4.78, 5) is 15.7. The molecule has 1 aromatic heterocycles. The molecule has 0 aliphatic carbocycles. The van der Waals surface area contributed by atoms with E-state index in [9.17, 15) is 4.79 Å². The first-order valence-electron chi connectivity index (χ1n) is 5.80. The second-order valence-electron chi connectivity index (χ2n) is 3.85. The van der Waals surface area contributed by atoms with Gasteiger partial charge in [0.2, 0.25) is 0 Å². The monoisotopic (exact) mass is 274 g/mol. The maximum Gasteiger partial charge on any atom is 0.337 e. The Morgan fingerprint density at radius 3 is 2.70 bits per heavy atom. The highest BCUT2D eigenvalue weighted by Gasteiger charge is 2.11. The Morgan fingerprint density at radius 2 is 2.10 bits per heavy atom. The fourth-order valence-electron chi connectivity index (χ4n) is 1.63. The van der Waals surface area contributed by atoms with Gasteiger partial charge in [0, 0.05) is 0 Å². The number of furan rings is 1. The number of esters is 1. The molecule has 0 bridgehead atoms. The lowest BCUT2D eigenvalue weighted by Crippen LogP contribution is -2.11. The zero-order chi connectivity index (χ0) is 14.5. The quantitative estimate of drug-likeness (QED) is 0.524. The molecule has 0 fully saturated rings. The number of amidine groups is 1. The van der Waals surface area contributed by atoms with Gasteiger partial charge in [-0.1, -0.05) is 0 Å². The zero-order valence-electron chi connectivity index (χ0n) is 11.1. The van der Waals surface area contributed by atoms with Gasteiger partial charge < -0.3 is 19.6 Å². The summed E-state index contributed by atoms with van der Waals surface area (Å²) in [6.45, 7) is 0. The van der Waals surface area contributed by atoms with Crippen LogP contribution in [0, 0.1) is 0 Å². The highest BCUT2D eigenvalue weighted by atomic mass is 16.5. The zero-order valence-corrected chi connectivity index (χ0v) is 11.1. The summed E-state index contributed by atoms with van der Waals surface area (Å²) < 4.78 is 15.0. The molecular formula is C14H14N2O4. The molecule has 20 heavy (non-hydrogen) atoms. The molecule has 2 N–H and O–H groups in total. The fourth-order valence-corrected chi connectivity index (χ4v) is 1.63. The van der Waals surface area contributed by atoms with E-state index in [4.69, 9.17) is 14.9 Å². The van der Waals surface area contributed by atoms with Crippen LogP contribution in [-0.2, 0) is 4.74 Å². The van der Waals surface area contributed by atoms with Gasteiger partial charge in [-0.25, -0.2) is 9.79 Å². The minimum Gasteiger partial charge on any atom is -0.494 e. The van der Waals surface area contributed by atoms with Crippen LogP contribution in [0.1, 0.15) is 16.1 Å². The average Bonchev–Trinajstić information content (AvgIpc) is 3.00. The number of benzene rings is 1. The number of methoxy groups -OCH3 is 2. The molecule has 0 unspecified atom stereocenters. The largest absolute Gasteiger partial charge is 0.494 e. The fraction of sp³-hybridized carbons (Fsp3) is 0.143. The van der Waals surface area contributed by atoms with Crippen LogP contribution in [0.2, 0.25) is 0 Å². The third kappa shape index (κ3) is 2.80. The maximum absolute atomic E-state index is 11.5. The number of carbonyl (C=O) groups is 1. The molecule has 104 valence electrons. The van der Waals surface area contributed by atoms with Gasteiger partial charge in [0.1, 0.15) is 11.4 Å². The molecule has 6 nitrogen and oxygen atoms in total. The topological polar surface area (TPSA) is 87.0 Å². The Balaban J connectivity index is 2.43. The third-order valence-corrected chi connectivity index (χ3v) is 2.61. The number of ether oxygens (including phenoxy) is 2. The molecule has 0 saturated carbocycles. The normalized spacial score (nSPS) is 11.2. The summed E-state index contributed by atoms with van der Waals surface area (Å²) in [7, 11) is 2.82. The average molecular weight is 274 g/mol. The Morgan fingerprint density at radius 1 is 1.30 bits per heavy atom. The van der Waals surface area contributed by atoms with E-state index in [0.29, 0.717) is 22.8 Å². The van der Waals surface area contributed by atoms with Gasteiger partial charge in [0.15, 0.2) is 11.6 Å². The number of hydrogen-bond donors (Lipinski definition) is 1. The second-order valence-corrected chi connectivity index (χ2v) is 3.85. The Labute approximate surface area is 115 Å². The molecule has 0 spiro atoms. The Hall–Kier alpha value is -2.76. The Bertz CT molecular complexity index is 633. The lowest BCUT2D eigenvalue weighted by molar-refractivity contribution is 0.0600. The van der Waals surface area contributed by atoms with Gasteiger partial charge >= 0.3 is 5.97 Å². The van der Waals surface area contributed by atoms with Gasteiger partial charge in [-0.05, 0) is 30.3 Å². The molecule has 0 amide bonds. The van der Waals surface area contributed by atoms with Crippen LogP contribution in [0.15, 0.2) is 46.0 Å². The molecule has 6 heteroatoms. The molecule has 0 saturated heterocycles. The number of rotatable bonds is 4. The van der Waals surface area contributed by atoms with Crippen LogP contribution in [0.3, 0.4) is 0 Å². The Kier molecular flexibility index (Phi) is 4.05. The maximum atomic E-state index is 11.5. The SMILES string of the molecule is COC(=O)c1ccc(OC)c(N=C(N)c2ccco2)c1. The summed E-state index contributed by atoms with van der Waals surface area (Å²) in [6, 6.07) is 8.16. The molecule has 0 radical (unpaired) electrons. The van der Waals surface area contributed by atoms with Gasteiger partial charge in [-0.3, -0.25) is 0 Å².